The van der Waals surface area contributed by atoms with Gasteiger partial charge in [0.2, 0.25) is 5.88 Å². The highest BCUT2D eigenvalue weighted by molar-refractivity contribution is 5.96. The fourth-order valence-electron chi connectivity index (χ4n) is 4.63. The molecule has 1 amide bonds. The molecular weight excluding hydrogens is 358 g/mol. The summed E-state index contributed by atoms with van der Waals surface area (Å²) in [6, 6.07) is 2.00. The number of aromatic nitrogens is 4. The standard InChI is InChI=1S/C20H25N5O3/c26-18-11-13-3-1-4-17(13)23-25(18)15-7-5-14(6-8-15)22-19(27)16-12-21-24-9-2-10-28-20(16)24/h11-12,14-15H,1-10H2,(H,22,27). The van der Waals surface area contributed by atoms with Crippen LogP contribution in [0, 0.1) is 0 Å². The summed E-state index contributed by atoms with van der Waals surface area (Å²) in [5.41, 5.74) is 2.73. The summed E-state index contributed by atoms with van der Waals surface area (Å²) in [7, 11) is 0. The molecule has 1 aliphatic heterocycles. The topological polar surface area (TPSA) is 91.0 Å². The lowest BCUT2D eigenvalue weighted by Gasteiger charge is -2.29. The maximum Gasteiger partial charge on any atom is 0.267 e. The molecule has 1 N–H and O–H groups in total. The van der Waals surface area contributed by atoms with E-state index in [4.69, 9.17) is 4.74 Å². The lowest BCUT2D eigenvalue weighted by atomic mass is 9.91. The minimum absolute atomic E-state index is 0.0109. The number of hydrogen-bond acceptors (Lipinski definition) is 5. The van der Waals surface area contributed by atoms with Gasteiger partial charge >= 0.3 is 0 Å². The smallest absolute Gasteiger partial charge is 0.267 e. The van der Waals surface area contributed by atoms with Crippen LogP contribution in [0.4, 0.5) is 0 Å². The Bertz CT molecular complexity index is 955. The molecule has 0 aromatic carbocycles. The summed E-state index contributed by atoms with van der Waals surface area (Å²) < 4.78 is 9.06. The Balaban J connectivity index is 1.23. The van der Waals surface area contributed by atoms with E-state index in [1.165, 1.54) is 0 Å². The molecule has 3 heterocycles. The van der Waals surface area contributed by atoms with E-state index in [0.717, 1.165) is 69.2 Å². The molecule has 1 fully saturated rings. The largest absolute Gasteiger partial charge is 0.477 e. The summed E-state index contributed by atoms with van der Waals surface area (Å²) >= 11 is 0. The first kappa shape index (κ1) is 17.5. The van der Waals surface area contributed by atoms with E-state index >= 15 is 0 Å². The molecule has 0 unspecified atom stereocenters. The molecule has 0 spiro atoms. The van der Waals surface area contributed by atoms with Crippen molar-refractivity contribution in [2.24, 2.45) is 0 Å². The van der Waals surface area contributed by atoms with E-state index in [0.29, 0.717) is 18.1 Å². The van der Waals surface area contributed by atoms with Crippen molar-refractivity contribution in [3.8, 4) is 5.88 Å². The maximum atomic E-state index is 12.7. The Morgan fingerprint density at radius 3 is 2.89 bits per heavy atom. The lowest BCUT2D eigenvalue weighted by molar-refractivity contribution is 0.0914. The van der Waals surface area contributed by atoms with Gasteiger partial charge in [0, 0.05) is 25.1 Å². The van der Waals surface area contributed by atoms with E-state index < -0.39 is 0 Å². The molecular formula is C20H25N5O3. The van der Waals surface area contributed by atoms with Gasteiger partial charge in [-0.1, -0.05) is 0 Å². The fourth-order valence-corrected chi connectivity index (χ4v) is 4.63. The van der Waals surface area contributed by atoms with Gasteiger partial charge in [-0.15, -0.1) is 0 Å². The van der Waals surface area contributed by atoms with Crippen LogP contribution in [0.25, 0.3) is 0 Å². The molecule has 0 bridgehead atoms. The van der Waals surface area contributed by atoms with Crippen molar-refractivity contribution in [1.82, 2.24) is 24.9 Å². The monoisotopic (exact) mass is 383 g/mol. The molecule has 2 aliphatic carbocycles. The first-order valence-electron chi connectivity index (χ1n) is 10.3. The minimum Gasteiger partial charge on any atom is -0.477 e. The number of carbonyl (C=O) groups is 1. The number of aryl methyl sites for hydroxylation is 3. The van der Waals surface area contributed by atoms with Crippen molar-refractivity contribution in [3.63, 3.8) is 0 Å². The van der Waals surface area contributed by atoms with Gasteiger partial charge < -0.3 is 10.1 Å². The van der Waals surface area contributed by atoms with Crippen LogP contribution in [-0.4, -0.2) is 38.1 Å². The Morgan fingerprint density at radius 2 is 2.04 bits per heavy atom. The molecule has 8 heteroatoms. The second-order valence-corrected chi connectivity index (χ2v) is 8.02. The quantitative estimate of drug-likeness (QED) is 0.870. The number of carbonyl (C=O) groups excluding carboxylic acids is 1. The summed E-state index contributed by atoms with van der Waals surface area (Å²) in [6.07, 6.45) is 8.91. The van der Waals surface area contributed by atoms with Gasteiger partial charge in [0.1, 0.15) is 5.56 Å². The van der Waals surface area contributed by atoms with Gasteiger partial charge in [0.05, 0.1) is 24.5 Å². The number of nitrogens with one attached hydrogen (secondary N) is 1. The Kier molecular flexibility index (Phi) is 4.41. The normalized spacial score (nSPS) is 23.6. The molecule has 5 rings (SSSR count). The van der Waals surface area contributed by atoms with Gasteiger partial charge in [0.25, 0.3) is 11.5 Å². The highest BCUT2D eigenvalue weighted by atomic mass is 16.5. The zero-order valence-corrected chi connectivity index (χ0v) is 15.9. The second kappa shape index (κ2) is 7.07. The highest BCUT2D eigenvalue weighted by Crippen LogP contribution is 2.29. The van der Waals surface area contributed by atoms with E-state index in [-0.39, 0.29) is 23.6 Å². The Hall–Kier alpha value is -2.64. The highest BCUT2D eigenvalue weighted by Gasteiger charge is 2.28. The van der Waals surface area contributed by atoms with Crippen LogP contribution in [0.5, 0.6) is 5.88 Å². The zero-order chi connectivity index (χ0) is 19.1. The molecule has 3 aliphatic rings. The predicted molar refractivity (Wildman–Crippen MR) is 102 cm³/mol. The molecule has 0 saturated heterocycles. The third kappa shape index (κ3) is 3.10. The minimum atomic E-state index is -0.126. The second-order valence-electron chi connectivity index (χ2n) is 8.02. The number of rotatable bonds is 3. The van der Waals surface area contributed by atoms with Gasteiger partial charge in [-0.2, -0.15) is 10.2 Å². The van der Waals surface area contributed by atoms with Crippen LogP contribution in [0.2, 0.25) is 0 Å². The lowest BCUT2D eigenvalue weighted by Crippen LogP contribution is -2.40. The number of fused-ring (bicyclic) bond motifs is 2. The van der Waals surface area contributed by atoms with Gasteiger partial charge in [0.15, 0.2) is 0 Å². The maximum absolute atomic E-state index is 12.7. The molecule has 28 heavy (non-hydrogen) atoms. The number of amides is 1. The summed E-state index contributed by atoms with van der Waals surface area (Å²) in [5, 5.41) is 12.0. The van der Waals surface area contributed by atoms with Crippen LogP contribution in [0.15, 0.2) is 17.1 Å². The molecule has 1 saturated carbocycles. The van der Waals surface area contributed by atoms with Crippen LogP contribution in [0.3, 0.4) is 0 Å². The van der Waals surface area contributed by atoms with Crippen molar-refractivity contribution in [2.45, 2.75) is 70.0 Å². The number of ether oxygens (including phenoxy) is 1. The van der Waals surface area contributed by atoms with Crippen molar-refractivity contribution in [2.75, 3.05) is 6.61 Å². The average molecular weight is 383 g/mol. The van der Waals surface area contributed by atoms with Gasteiger partial charge in [-0.3, -0.25) is 9.59 Å². The third-order valence-electron chi connectivity index (χ3n) is 6.15. The van der Waals surface area contributed by atoms with Crippen molar-refractivity contribution >= 4 is 5.91 Å². The molecule has 8 nitrogen and oxygen atoms in total. The summed E-state index contributed by atoms with van der Waals surface area (Å²) in [6.45, 7) is 1.41. The van der Waals surface area contributed by atoms with Crippen LogP contribution in [-0.2, 0) is 19.4 Å². The van der Waals surface area contributed by atoms with Crippen molar-refractivity contribution in [3.05, 3.63) is 39.4 Å². The van der Waals surface area contributed by atoms with Crippen molar-refractivity contribution in [1.29, 1.82) is 0 Å². The van der Waals surface area contributed by atoms with Crippen LogP contribution < -0.4 is 15.6 Å². The first-order valence-corrected chi connectivity index (χ1v) is 10.3. The molecule has 148 valence electrons. The number of nitrogens with zero attached hydrogens (tertiary/aromatic N) is 4. The fraction of sp³-hybridized carbons (Fsp3) is 0.600. The van der Waals surface area contributed by atoms with Crippen LogP contribution >= 0.6 is 0 Å². The summed E-state index contributed by atoms with van der Waals surface area (Å²) in [4.78, 5) is 25.1. The third-order valence-corrected chi connectivity index (χ3v) is 6.15. The summed E-state index contributed by atoms with van der Waals surface area (Å²) in [5.74, 6) is 0.450. The Morgan fingerprint density at radius 1 is 1.18 bits per heavy atom. The van der Waals surface area contributed by atoms with E-state index in [1.807, 2.05) is 0 Å². The van der Waals surface area contributed by atoms with Crippen LogP contribution in [0.1, 0.15) is 66.2 Å². The SMILES string of the molecule is O=C(NC1CCC(n2nc3c(cc2=O)CCC3)CC1)c1cnn2c1OCCC2. The van der Waals surface area contributed by atoms with E-state index in [9.17, 15) is 9.59 Å². The van der Waals surface area contributed by atoms with Crippen molar-refractivity contribution < 1.29 is 9.53 Å². The molecule has 0 atom stereocenters. The van der Waals surface area contributed by atoms with E-state index in [2.05, 4.69) is 15.5 Å². The molecule has 2 aromatic rings. The molecule has 2 aromatic heterocycles. The van der Waals surface area contributed by atoms with Gasteiger partial charge in [-0.05, 0) is 50.5 Å². The molecule has 0 radical (unpaired) electrons. The zero-order valence-electron chi connectivity index (χ0n) is 15.9. The van der Waals surface area contributed by atoms with Gasteiger partial charge in [-0.25, -0.2) is 9.36 Å². The first-order chi connectivity index (χ1) is 13.7. The Labute approximate surface area is 162 Å². The van der Waals surface area contributed by atoms with E-state index in [1.54, 1.807) is 21.6 Å². The predicted octanol–water partition coefficient (Wildman–Crippen LogP) is 1.62. The number of hydrogen-bond donors (Lipinski definition) is 1. The average Bonchev–Trinajstić information content (AvgIpc) is 3.34.